The Morgan fingerprint density at radius 2 is 1.43 bits per heavy atom. The van der Waals surface area contributed by atoms with Crippen LogP contribution in [0.25, 0.3) is 0 Å². The molecular formula is C20H25F3N4O. The highest BCUT2D eigenvalue weighted by Gasteiger charge is 2.28. The number of ether oxygens (including phenoxy) is 1. The monoisotopic (exact) mass is 394 g/mol. The highest BCUT2D eigenvalue weighted by Crippen LogP contribution is 2.18. The highest BCUT2D eigenvalue weighted by atomic mass is 19.4. The number of nitrogens with one attached hydrogen (secondary N) is 2. The maximum atomic E-state index is 12.2. The number of alkyl halides is 3. The minimum absolute atomic E-state index is 0.185. The molecule has 0 saturated carbocycles. The van der Waals surface area contributed by atoms with Crippen LogP contribution < -0.4 is 20.3 Å². The molecule has 0 bridgehead atoms. The molecule has 0 saturated heterocycles. The summed E-state index contributed by atoms with van der Waals surface area (Å²) < 4.78 is 41.2. The molecule has 0 aliphatic heterocycles. The van der Waals surface area contributed by atoms with Gasteiger partial charge in [-0.1, -0.05) is 24.3 Å². The van der Waals surface area contributed by atoms with Gasteiger partial charge in [-0.05, 0) is 35.4 Å². The molecule has 0 radical (unpaired) electrons. The first kappa shape index (κ1) is 21.4. The van der Waals surface area contributed by atoms with Crippen molar-refractivity contribution in [3.63, 3.8) is 0 Å². The normalized spacial score (nSPS) is 11.9. The van der Waals surface area contributed by atoms with Crippen molar-refractivity contribution in [3.8, 4) is 5.75 Å². The zero-order valence-electron chi connectivity index (χ0n) is 16.2. The number of hydrogen-bond donors (Lipinski definition) is 2. The summed E-state index contributed by atoms with van der Waals surface area (Å²) in [4.78, 5) is 6.21. The lowest BCUT2D eigenvalue weighted by molar-refractivity contribution is -0.153. The van der Waals surface area contributed by atoms with E-state index in [4.69, 9.17) is 4.74 Å². The van der Waals surface area contributed by atoms with Crippen molar-refractivity contribution < 1.29 is 17.9 Å². The number of aliphatic imine (C=N–C) groups is 1. The lowest BCUT2D eigenvalue weighted by Gasteiger charge is -2.14. The first-order valence-corrected chi connectivity index (χ1v) is 8.76. The van der Waals surface area contributed by atoms with Gasteiger partial charge in [0.25, 0.3) is 0 Å². The summed E-state index contributed by atoms with van der Waals surface area (Å²) >= 11 is 0. The summed E-state index contributed by atoms with van der Waals surface area (Å²) in [5.74, 6) is 0.818. The third-order valence-electron chi connectivity index (χ3n) is 3.92. The molecule has 0 aromatic heterocycles. The van der Waals surface area contributed by atoms with E-state index in [2.05, 4.69) is 39.9 Å². The van der Waals surface area contributed by atoms with Crippen LogP contribution in [0.4, 0.5) is 18.9 Å². The maximum Gasteiger partial charge on any atom is 0.422 e. The summed E-state index contributed by atoms with van der Waals surface area (Å²) in [7, 11) is 5.67. The van der Waals surface area contributed by atoms with E-state index in [1.807, 2.05) is 19.0 Å². The first-order valence-electron chi connectivity index (χ1n) is 8.76. The van der Waals surface area contributed by atoms with Crippen LogP contribution in [-0.2, 0) is 13.1 Å². The molecule has 0 aliphatic carbocycles. The van der Waals surface area contributed by atoms with Gasteiger partial charge in [-0.2, -0.15) is 13.2 Å². The Bertz CT molecular complexity index is 757. The second kappa shape index (κ2) is 9.87. The van der Waals surface area contributed by atoms with Gasteiger partial charge in [0.15, 0.2) is 12.6 Å². The summed E-state index contributed by atoms with van der Waals surface area (Å²) in [6, 6.07) is 14.7. The fraction of sp³-hybridized carbons (Fsp3) is 0.350. The van der Waals surface area contributed by atoms with Crippen molar-refractivity contribution in [2.45, 2.75) is 19.3 Å². The highest BCUT2D eigenvalue weighted by molar-refractivity contribution is 5.79. The molecule has 28 heavy (non-hydrogen) atoms. The largest absolute Gasteiger partial charge is 0.484 e. The van der Waals surface area contributed by atoms with Crippen LogP contribution in [0, 0.1) is 0 Å². The first-order chi connectivity index (χ1) is 13.3. The van der Waals surface area contributed by atoms with Crippen molar-refractivity contribution in [3.05, 3.63) is 59.7 Å². The van der Waals surface area contributed by atoms with E-state index in [0.29, 0.717) is 19.0 Å². The Hall–Kier alpha value is -2.90. The Balaban J connectivity index is 1.80. The van der Waals surface area contributed by atoms with E-state index in [1.165, 1.54) is 12.1 Å². The molecule has 2 aromatic carbocycles. The van der Waals surface area contributed by atoms with E-state index >= 15 is 0 Å². The van der Waals surface area contributed by atoms with Crippen LogP contribution in [-0.4, -0.2) is 39.9 Å². The van der Waals surface area contributed by atoms with E-state index in [-0.39, 0.29) is 5.75 Å². The second-order valence-electron chi connectivity index (χ2n) is 6.39. The van der Waals surface area contributed by atoms with E-state index in [9.17, 15) is 13.2 Å². The maximum absolute atomic E-state index is 12.2. The third-order valence-corrected chi connectivity index (χ3v) is 3.92. The van der Waals surface area contributed by atoms with E-state index in [1.54, 1.807) is 19.2 Å². The standard InChI is InChI=1S/C20H25F3N4O/c1-24-19(25-12-15-4-8-17(9-5-15)27(2)3)26-13-16-6-10-18(11-7-16)28-14-20(21,22)23/h4-11H,12-14H2,1-3H3,(H2,24,25,26). The summed E-state index contributed by atoms with van der Waals surface area (Å²) in [5.41, 5.74) is 3.16. The molecule has 0 heterocycles. The Labute approximate surface area is 163 Å². The SMILES string of the molecule is CN=C(NCc1ccc(OCC(F)(F)F)cc1)NCc1ccc(N(C)C)cc1. The predicted molar refractivity (Wildman–Crippen MR) is 106 cm³/mol. The van der Waals surface area contributed by atoms with E-state index in [0.717, 1.165) is 16.8 Å². The summed E-state index contributed by atoms with van der Waals surface area (Å²) in [6.45, 7) is -0.187. The quantitative estimate of drug-likeness (QED) is 0.557. The summed E-state index contributed by atoms with van der Waals surface area (Å²) in [6.07, 6.45) is -4.34. The molecule has 8 heteroatoms. The van der Waals surface area contributed by atoms with Gasteiger partial charge in [0.2, 0.25) is 0 Å². The molecule has 0 unspecified atom stereocenters. The number of anilines is 1. The molecule has 2 aromatic rings. The molecule has 0 atom stereocenters. The molecule has 152 valence electrons. The number of hydrogen-bond acceptors (Lipinski definition) is 3. The van der Waals surface area contributed by atoms with Gasteiger partial charge in [0.05, 0.1) is 0 Å². The zero-order chi connectivity index (χ0) is 20.6. The summed E-state index contributed by atoms with van der Waals surface area (Å²) in [5, 5.41) is 6.40. The molecule has 2 N–H and O–H groups in total. The van der Waals surface area contributed by atoms with Gasteiger partial charge < -0.3 is 20.3 Å². The van der Waals surface area contributed by atoms with Crippen LogP contribution in [0.15, 0.2) is 53.5 Å². The molecule has 0 fully saturated rings. The molecule has 5 nitrogen and oxygen atoms in total. The molecule has 2 rings (SSSR count). The predicted octanol–water partition coefficient (Wildman–Crippen LogP) is 3.56. The van der Waals surface area contributed by atoms with Crippen molar-refractivity contribution in [2.75, 3.05) is 32.6 Å². The minimum atomic E-state index is -4.34. The lowest BCUT2D eigenvalue weighted by Crippen LogP contribution is -2.36. The van der Waals surface area contributed by atoms with Crippen molar-refractivity contribution in [2.24, 2.45) is 4.99 Å². The smallest absolute Gasteiger partial charge is 0.422 e. The van der Waals surface area contributed by atoms with Crippen molar-refractivity contribution in [1.29, 1.82) is 0 Å². The van der Waals surface area contributed by atoms with Crippen molar-refractivity contribution >= 4 is 11.6 Å². The van der Waals surface area contributed by atoms with Crippen molar-refractivity contribution in [1.82, 2.24) is 10.6 Å². The number of guanidine groups is 1. The molecule has 0 spiro atoms. The van der Waals surface area contributed by atoms with Gasteiger partial charge >= 0.3 is 6.18 Å². The second-order valence-corrected chi connectivity index (χ2v) is 6.39. The van der Waals surface area contributed by atoms with Gasteiger partial charge in [0, 0.05) is 39.9 Å². The molecular weight excluding hydrogens is 369 g/mol. The van der Waals surface area contributed by atoms with Crippen LogP contribution >= 0.6 is 0 Å². The lowest BCUT2D eigenvalue weighted by atomic mass is 10.2. The minimum Gasteiger partial charge on any atom is -0.484 e. The molecule has 0 aliphatic rings. The Morgan fingerprint density at radius 3 is 1.86 bits per heavy atom. The average Bonchev–Trinajstić information content (AvgIpc) is 2.67. The molecule has 0 amide bonds. The Kier molecular flexibility index (Phi) is 7.54. The fourth-order valence-corrected chi connectivity index (χ4v) is 2.37. The van der Waals surface area contributed by atoms with Crippen LogP contribution in [0.3, 0.4) is 0 Å². The Morgan fingerprint density at radius 1 is 0.929 bits per heavy atom. The average molecular weight is 394 g/mol. The number of rotatable bonds is 7. The van der Waals surface area contributed by atoms with E-state index < -0.39 is 12.8 Å². The van der Waals surface area contributed by atoms with Crippen LogP contribution in [0.2, 0.25) is 0 Å². The number of benzene rings is 2. The van der Waals surface area contributed by atoms with Gasteiger partial charge in [-0.15, -0.1) is 0 Å². The van der Waals surface area contributed by atoms with Gasteiger partial charge in [-0.25, -0.2) is 0 Å². The number of halogens is 3. The zero-order valence-corrected chi connectivity index (χ0v) is 16.2. The number of nitrogens with zero attached hydrogens (tertiary/aromatic N) is 2. The fourth-order valence-electron chi connectivity index (χ4n) is 2.37. The third kappa shape index (κ3) is 7.38. The van der Waals surface area contributed by atoms with Gasteiger partial charge in [0.1, 0.15) is 5.75 Å². The van der Waals surface area contributed by atoms with Crippen LogP contribution in [0.1, 0.15) is 11.1 Å². The topological polar surface area (TPSA) is 48.9 Å². The van der Waals surface area contributed by atoms with Gasteiger partial charge in [-0.3, -0.25) is 4.99 Å². The van der Waals surface area contributed by atoms with Crippen LogP contribution in [0.5, 0.6) is 5.75 Å².